The summed E-state index contributed by atoms with van der Waals surface area (Å²) < 4.78 is 5.58. The summed E-state index contributed by atoms with van der Waals surface area (Å²) in [6, 6.07) is 1.65. The van der Waals surface area contributed by atoms with E-state index in [1.807, 2.05) is 0 Å². The highest BCUT2D eigenvalue weighted by Gasteiger charge is 2.16. The van der Waals surface area contributed by atoms with Gasteiger partial charge in [-0.15, -0.1) is 0 Å². The Hall–Kier alpha value is -0.850. The van der Waals surface area contributed by atoms with Gasteiger partial charge in [0.15, 0.2) is 4.67 Å². The van der Waals surface area contributed by atoms with E-state index < -0.39 is 0 Å². The summed E-state index contributed by atoms with van der Waals surface area (Å²) >= 11 is 3.17. The largest absolute Gasteiger partial charge is 0.457 e. The van der Waals surface area contributed by atoms with Gasteiger partial charge >= 0.3 is 0 Å². The first-order chi connectivity index (χ1) is 9.15. The first-order valence-electron chi connectivity index (χ1n) is 6.58. The van der Waals surface area contributed by atoms with Gasteiger partial charge in [-0.05, 0) is 41.7 Å². The maximum atomic E-state index is 11.7. The summed E-state index contributed by atoms with van der Waals surface area (Å²) in [7, 11) is 0. The number of nitrogens with zero attached hydrogens (tertiary/aromatic N) is 1. The molecule has 0 saturated carbocycles. The molecule has 0 unspecified atom stereocenters. The molecule has 2 N–H and O–H groups in total. The maximum absolute atomic E-state index is 11.7. The molecule has 2 rings (SSSR count). The van der Waals surface area contributed by atoms with Crippen LogP contribution in [0.3, 0.4) is 0 Å². The lowest BCUT2D eigenvalue weighted by Gasteiger charge is -2.29. The fourth-order valence-electron chi connectivity index (χ4n) is 2.18. The number of furan rings is 1. The Morgan fingerprint density at radius 3 is 2.89 bits per heavy atom. The number of carbonyl (C=O) groups is 1. The van der Waals surface area contributed by atoms with E-state index in [1.54, 1.807) is 6.07 Å². The summed E-state index contributed by atoms with van der Waals surface area (Å²) in [6.07, 6.45) is 3.94. The van der Waals surface area contributed by atoms with Gasteiger partial charge in [0, 0.05) is 25.7 Å². The molecule has 1 aromatic heterocycles. The van der Waals surface area contributed by atoms with Gasteiger partial charge in [0.2, 0.25) is 0 Å². The van der Waals surface area contributed by atoms with E-state index in [1.165, 1.54) is 6.26 Å². The van der Waals surface area contributed by atoms with E-state index >= 15 is 0 Å². The highest BCUT2D eigenvalue weighted by Crippen LogP contribution is 2.13. The molecular formula is C13H19BrN2O3. The van der Waals surface area contributed by atoms with E-state index in [0.717, 1.165) is 38.9 Å². The summed E-state index contributed by atoms with van der Waals surface area (Å²) in [5.74, 6) is -0.108. The van der Waals surface area contributed by atoms with Crippen LogP contribution < -0.4 is 5.32 Å². The third kappa shape index (κ3) is 4.63. The molecule has 1 aliphatic rings. The van der Waals surface area contributed by atoms with Crippen molar-refractivity contribution in [2.45, 2.75) is 25.4 Å². The first kappa shape index (κ1) is 14.6. The van der Waals surface area contributed by atoms with Crippen LogP contribution in [-0.2, 0) is 0 Å². The number of rotatable bonds is 5. The van der Waals surface area contributed by atoms with Crippen LogP contribution in [-0.4, -0.2) is 48.2 Å². The Kier molecular flexibility index (Phi) is 5.42. The average Bonchev–Trinajstić information content (AvgIpc) is 2.83. The Labute approximate surface area is 121 Å². The number of halogens is 1. The van der Waals surface area contributed by atoms with E-state index in [-0.39, 0.29) is 12.0 Å². The average molecular weight is 331 g/mol. The molecule has 19 heavy (non-hydrogen) atoms. The number of nitrogens with one attached hydrogen (secondary N) is 1. The number of aliphatic hydroxyl groups excluding tert-OH is 1. The lowest BCUT2D eigenvalue weighted by Crippen LogP contribution is -2.37. The SMILES string of the molecule is O=C(NCCCN1CCC(O)CC1)c1coc(Br)c1. The van der Waals surface area contributed by atoms with Crippen molar-refractivity contribution >= 4 is 21.8 Å². The highest BCUT2D eigenvalue weighted by atomic mass is 79.9. The predicted octanol–water partition coefficient (Wildman–Crippen LogP) is 1.62. The lowest BCUT2D eigenvalue weighted by atomic mass is 10.1. The smallest absolute Gasteiger partial charge is 0.254 e. The number of likely N-dealkylation sites (tertiary alicyclic amines) is 1. The van der Waals surface area contributed by atoms with Crippen molar-refractivity contribution in [3.63, 3.8) is 0 Å². The van der Waals surface area contributed by atoms with Crippen LogP contribution in [0.2, 0.25) is 0 Å². The van der Waals surface area contributed by atoms with E-state index in [4.69, 9.17) is 4.42 Å². The third-order valence-electron chi connectivity index (χ3n) is 3.32. The summed E-state index contributed by atoms with van der Waals surface area (Å²) in [4.78, 5) is 14.0. The van der Waals surface area contributed by atoms with E-state index in [0.29, 0.717) is 16.8 Å². The van der Waals surface area contributed by atoms with E-state index in [2.05, 4.69) is 26.1 Å². The molecule has 2 heterocycles. The number of hydrogen-bond acceptors (Lipinski definition) is 4. The molecule has 0 aliphatic carbocycles. The van der Waals surface area contributed by atoms with Gasteiger partial charge in [0.1, 0.15) is 6.26 Å². The van der Waals surface area contributed by atoms with Crippen LogP contribution in [0, 0.1) is 0 Å². The Morgan fingerprint density at radius 2 is 2.26 bits per heavy atom. The molecule has 1 aliphatic heterocycles. The zero-order valence-electron chi connectivity index (χ0n) is 10.8. The van der Waals surface area contributed by atoms with Gasteiger partial charge in [0.05, 0.1) is 11.7 Å². The van der Waals surface area contributed by atoms with Crippen LogP contribution in [0.25, 0.3) is 0 Å². The van der Waals surface area contributed by atoms with Crippen LogP contribution in [0.1, 0.15) is 29.6 Å². The Balaban J connectivity index is 1.60. The molecule has 0 atom stereocenters. The predicted molar refractivity (Wildman–Crippen MR) is 75.0 cm³/mol. The summed E-state index contributed by atoms with van der Waals surface area (Å²) in [5, 5.41) is 12.3. The molecule has 0 radical (unpaired) electrons. The van der Waals surface area contributed by atoms with Crippen LogP contribution >= 0.6 is 15.9 Å². The molecule has 1 aromatic rings. The van der Waals surface area contributed by atoms with Crippen LogP contribution in [0.5, 0.6) is 0 Å². The van der Waals surface area contributed by atoms with Crippen LogP contribution in [0.15, 0.2) is 21.4 Å². The quantitative estimate of drug-likeness (QED) is 0.805. The zero-order valence-corrected chi connectivity index (χ0v) is 12.4. The van der Waals surface area contributed by atoms with Crippen molar-refractivity contribution in [1.29, 1.82) is 0 Å². The molecule has 6 heteroatoms. The minimum absolute atomic E-state index is 0.108. The molecule has 1 saturated heterocycles. The molecule has 5 nitrogen and oxygen atoms in total. The van der Waals surface area contributed by atoms with Gasteiger partial charge in [-0.25, -0.2) is 0 Å². The topological polar surface area (TPSA) is 65.7 Å². The fourth-order valence-corrected chi connectivity index (χ4v) is 2.52. The molecule has 0 bridgehead atoms. The van der Waals surface area contributed by atoms with Crippen molar-refractivity contribution in [2.75, 3.05) is 26.2 Å². The number of hydrogen-bond donors (Lipinski definition) is 2. The minimum atomic E-state index is -0.129. The molecular weight excluding hydrogens is 312 g/mol. The number of aliphatic hydroxyl groups is 1. The van der Waals surface area contributed by atoms with Gasteiger partial charge in [-0.1, -0.05) is 0 Å². The highest BCUT2D eigenvalue weighted by molar-refractivity contribution is 9.10. The van der Waals surface area contributed by atoms with Crippen molar-refractivity contribution in [2.24, 2.45) is 0 Å². The second kappa shape index (κ2) is 7.07. The van der Waals surface area contributed by atoms with Crippen molar-refractivity contribution < 1.29 is 14.3 Å². The number of carbonyl (C=O) groups excluding carboxylic acids is 1. The number of piperidine rings is 1. The molecule has 1 fully saturated rings. The fraction of sp³-hybridized carbons (Fsp3) is 0.615. The molecule has 0 spiro atoms. The zero-order chi connectivity index (χ0) is 13.7. The van der Waals surface area contributed by atoms with Crippen molar-refractivity contribution in [1.82, 2.24) is 10.2 Å². The maximum Gasteiger partial charge on any atom is 0.254 e. The van der Waals surface area contributed by atoms with Gasteiger partial charge in [0.25, 0.3) is 5.91 Å². The van der Waals surface area contributed by atoms with Crippen molar-refractivity contribution in [3.05, 3.63) is 22.6 Å². The summed E-state index contributed by atoms with van der Waals surface area (Å²) in [5.41, 5.74) is 0.535. The van der Waals surface area contributed by atoms with Gasteiger partial charge < -0.3 is 19.7 Å². The van der Waals surface area contributed by atoms with Crippen LogP contribution in [0.4, 0.5) is 0 Å². The van der Waals surface area contributed by atoms with Gasteiger partial charge in [-0.3, -0.25) is 4.79 Å². The second-order valence-electron chi connectivity index (χ2n) is 4.82. The molecule has 1 amide bonds. The standard InChI is InChI=1S/C13H19BrN2O3/c14-12-8-10(9-19-12)13(18)15-4-1-5-16-6-2-11(17)3-7-16/h8-9,11,17H,1-7H2,(H,15,18). The molecule has 106 valence electrons. The normalized spacial score (nSPS) is 17.6. The van der Waals surface area contributed by atoms with E-state index in [9.17, 15) is 9.90 Å². The minimum Gasteiger partial charge on any atom is -0.457 e. The van der Waals surface area contributed by atoms with Crippen molar-refractivity contribution in [3.8, 4) is 0 Å². The second-order valence-corrected chi connectivity index (χ2v) is 5.60. The summed E-state index contributed by atoms with van der Waals surface area (Å²) in [6.45, 7) is 3.51. The first-order valence-corrected chi connectivity index (χ1v) is 7.37. The third-order valence-corrected chi connectivity index (χ3v) is 3.74. The lowest BCUT2D eigenvalue weighted by molar-refractivity contribution is 0.0816. The number of amides is 1. The monoisotopic (exact) mass is 330 g/mol. The molecule has 0 aromatic carbocycles. The van der Waals surface area contributed by atoms with Gasteiger partial charge in [-0.2, -0.15) is 0 Å². The Morgan fingerprint density at radius 1 is 1.53 bits per heavy atom. The Bertz CT molecular complexity index is 414.